The maximum Gasteiger partial charge on any atom is 0.271 e. The van der Waals surface area contributed by atoms with E-state index in [0.29, 0.717) is 6.29 Å². The molecule has 0 amide bonds. The number of aldehydes is 1. The van der Waals surface area contributed by atoms with E-state index < -0.39 is 24.3 Å². The summed E-state index contributed by atoms with van der Waals surface area (Å²) in [6.07, 6.45) is -1.35. The van der Waals surface area contributed by atoms with Crippen molar-refractivity contribution in [2.24, 2.45) is 0 Å². The molecule has 6 N–H and O–H groups in total. The molecule has 7 heteroatoms. The lowest BCUT2D eigenvalue weighted by atomic mass is 10.0. The molecular formula is C7H12O7. The molecule has 14 heavy (non-hydrogen) atoms. The van der Waals surface area contributed by atoms with Crippen LogP contribution in [0.3, 0.4) is 0 Å². The first-order valence-corrected chi connectivity index (χ1v) is 3.61. The van der Waals surface area contributed by atoms with Gasteiger partial charge in [0.2, 0.25) is 12.1 Å². The number of carbonyl (C=O) groups is 1. The Morgan fingerprint density at radius 2 is 1.64 bits per heavy atom. The monoisotopic (exact) mass is 208 g/mol. The smallest absolute Gasteiger partial charge is 0.271 e. The first kappa shape index (κ1) is 13.2. The molecule has 0 saturated carbocycles. The van der Waals surface area contributed by atoms with E-state index in [2.05, 4.69) is 0 Å². The molecule has 82 valence electrons. The van der Waals surface area contributed by atoms with Crippen LogP contribution in [0.25, 0.3) is 0 Å². The van der Waals surface area contributed by atoms with Gasteiger partial charge in [-0.25, -0.2) is 0 Å². The minimum absolute atomic E-state index is 0.335. The Morgan fingerprint density at radius 1 is 1.14 bits per heavy atom. The number of rotatable bonds is 5. The summed E-state index contributed by atoms with van der Waals surface area (Å²) in [6.45, 7) is 0. The lowest BCUT2D eigenvalue weighted by molar-refractivity contribution is -0.411. The highest BCUT2D eigenvalue weighted by Crippen LogP contribution is 2.23. The van der Waals surface area contributed by atoms with Crippen molar-refractivity contribution in [2.45, 2.75) is 24.3 Å². The van der Waals surface area contributed by atoms with Crippen molar-refractivity contribution in [3.05, 3.63) is 12.2 Å². The Hall–Kier alpha value is -0.830. The molecule has 0 rings (SSSR count). The zero-order valence-electron chi connectivity index (χ0n) is 7.11. The van der Waals surface area contributed by atoms with Crippen LogP contribution < -0.4 is 0 Å². The normalized spacial score (nSPS) is 13.9. The molecule has 7 nitrogen and oxygen atoms in total. The number of hydrogen-bond acceptors (Lipinski definition) is 7. The van der Waals surface area contributed by atoms with Gasteiger partial charge in [0.15, 0.2) is 0 Å². The molecule has 0 aromatic carbocycles. The van der Waals surface area contributed by atoms with E-state index in [9.17, 15) is 4.79 Å². The molecule has 0 fully saturated rings. The van der Waals surface area contributed by atoms with Gasteiger partial charge in [-0.2, -0.15) is 0 Å². The van der Waals surface area contributed by atoms with Crippen molar-refractivity contribution in [2.75, 3.05) is 0 Å². The van der Waals surface area contributed by atoms with E-state index in [1.54, 1.807) is 0 Å². The molecule has 0 saturated heterocycles. The summed E-state index contributed by atoms with van der Waals surface area (Å²) in [6, 6.07) is 0. The molecule has 0 aliphatic carbocycles. The molecule has 0 aliphatic heterocycles. The van der Waals surface area contributed by atoms with E-state index >= 15 is 0 Å². The molecule has 0 atom stereocenters. The van der Waals surface area contributed by atoms with Crippen LogP contribution in [0.5, 0.6) is 0 Å². The Balaban J connectivity index is 4.59. The van der Waals surface area contributed by atoms with Crippen LogP contribution >= 0.6 is 0 Å². The van der Waals surface area contributed by atoms with E-state index in [4.69, 9.17) is 30.6 Å². The summed E-state index contributed by atoms with van der Waals surface area (Å²) in [4.78, 5) is 9.80. The average molecular weight is 208 g/mol. The van der Waals surface area contributed by atoms with Gasteiger partial charge in [0, 0.05) is 6.42 Å². The summed E-state index contributed by atoms with van der Waals surface area (Å²) in [5.74, 6) is -6.67. The number of allylic oxidation sites excluding steroid dienone is 1. The van der Waals surface area contributed by atoms with Gasteiger partial charge in [0.1, 0.15) is 6.29 Å². The topological polar surface area (TPSA) is 138 Å². The molecule has 0 bridgehead atoms. The van der Waals surface area contributed by atoms with Crippen molar-refractivity contribution in [3.8, 4) is 0 Å². The van der Waals surface area contributed by atoms with E-state index in [1.165, 1.54) is 0 Å². The van der Waals surface area contributed by atoms with Crippen molar-refractivity contribution < 1.29 is 35.4 Å². The molecule has 0 aromatic heterocycles. The second kappa shape index (κ2) is 4.60. The predicted octanol–water partition coefficient (Wildman–Crippen LogP) is -3.20. The van der Waals surface area contributed by atoms with Crippen molar-refractivity contribution >= 4 is 6.29 Å². The highest BCUT2D eigenvalue weighted by molar-refractivity contribution is 5.64. The molecule has 0 spiro atoms. The van der Waals surface area contributed by atoms with Gasteiger partial charge in [0.05, 0.1) is 0 Å². The summed E-state index contributed by atoms with van der Waals surface area (Å²) in [7, 11) is 0. The fourth-order valence-electron chi connectivity index (χ4n) is 0.645. The second-order valence-electron chi connectivity index (χ2n) is 2.68. The van der Waals surface area contributed by atoms with Gasteiger partial charge in [-0.15, -0.1) is 0 Å². The van der Waals surface area contributed by atoms with Crippen molar-refractivity contribution in [1.82, 2.24) is 0 Å². The third kappa shape index (κ3) is 2.84. The standard InChI is InChI=1S/C7H12O7/c8-4-2-1-3-6(11,12)7(13,14)5(9)10/h1-2,4-5,9-14H,3H2/b2-1+. The highest BCUT2D eigenvalue weighted by atomic mass is 16.6. The van der Waals surface area contributed by atoms with Gasteiger partial charge >= 0.3 is 0 Å². The zero-order chi connectivity index (χ0) is 11.4. The van der Waals surface area contributed by atoms with Crippen LogP contribution in [-0.2, 0) is 4.79 Å². The maximum absolute atomic E-state index is 9.80. The van der Waals surface area contributed by atoms with E-state index in [1.807, 2.05) is 0 Å². The molecule has 0 heterocycles. The van der Waals surface area contributed by atoms with E-state index in [0.717, 1.165) is 12.2 Å². The highest BCUT2D eigenvalue weighted by Gasteiger charge is 2.51. The molecule has 0 aliphatic rings. The first-order valence-electron chi connectivity index (χ1n) is 3.61. The molecule has 0 aromatic rings. The van der Waals surface area contributed by atoms with Gasteiger partial charge in [0.25, 0.3) is 5.79 Å². The first-order chi connectivity index (χ1) is 6.25. The van der Waals surface area contributed by atoms with Crippen molar-refractivity contribution in [1.29, 1.82) is 0 Å². The summed E-state index contributed by atoms with van der Waals surface area (Å²) < 4.78 is 0. The fourth-order valence-corrected chi connectivity index (χ4v) is 0.645. The Morgan fingerprint density at radius 3 is 2.00 bits per heavy atom. The second-order valence-corrected chi connectivity index (χ2v) is 2.68. The Kier molecular flexibility index (Phi) is 4.33. The average Bonchev–Trinajstić information content (AvgIpc) is 2.04. The van der Waals surface area contributed by atoms with Crippen LogP contribution in [0.15, 0.2) is 12.2 Å². The van der Waals surface area contributed by atoms with Gasteiger partial charge in [-0.05, 0) is 6.08 Å². The van der Waals surface area contributed by atoms with Crippen LogP contribution in [0.1, 0.15) is 6.42 Å². The lowest BCUT2D eigenvalue weighted by Crippen LogP contribution is -2.61. The molecular weight excluding hydrogens is 196 g/mol. The van der Waals surface area contributed by atoms with Crippen LogP contribution in [0, 0.1) is 0 Å². The van der Waals surface area contributed by atoms with Crippen LogP contribution in [0.4, 0.5) is 0 Å². The predicted molar refractivity (Wildman–Crippen MR) is 42.4 cm³/mol. The Labute approximate surface area is 79.2 Å². The Bertz CT molecular complexity index is 218. The van der Waals surface area contributed by atoms with Crippen LogP contribution in [0.2, 0.25) is 0 Å². The number of hydrogen-bond donors (Lipinski definition) is 6. The summed E-state index contributed by atoms with van der Waals surface area (Å²) >= 11 is 0. The number of aliphatic hydroxyl groups excluding tert-OH is 1. The van der Waals surface area contributed by atoms with Gasteiger partial charge < -0.3 is 30.6 Å². The van der Waals surface area contributed by atoms with Gasteiger partial charge in [-0.1, -0.05) is 6.08 Å². The SMILES string of the molecule is O=C/C=C/CC(O)(O)C(O)(O)C(O)O. The van der Waals surface area contributed by atoms with Crippen LogP contribution in [-0.4, -0.2) is 54.8 Å². The minimum atomic E-state index is -3.50. The lowest BCUT2D eigenvalue weighted by Gasteiger charge is -2.35. The maximum atomic E-state index is 9.80. The summed E-state index contributed by atoms with van der Waals surface area (Å²) in [5, 5.41) is 52.5. The molecule has 0 radical (unpaired) electrons. The quantitative estimate of drug-likeness (QED) is 0.159. The van der Waals surface area contributed by atoms with Gasteiger partial charge in [-0.3, -0.25) is 4.79 Å². The minimum Gasteiger partial charge on any atom is -0.364 e. The van der Waals surface area contributed by atoms with Crippen molar-refractivity contribution in [3.63, 3.8) is 0 Å². The zero-order valence-corrected chi connectivity index (χ0v) is 7.11. The largest absolute Gasteiger partial charge is 0.364 e. The molecule has 0 unspecified atom stereocenters. The fraction of sp³-hybridized carbons (Fsp3) is 0.571. The third-order valence-corrected chi connectivity index (χ3v) is 1.57. The van der Waals surface area contributed by atoms with E-state index in [-0.39, 0.29) is 0 Å². The summed E-state index contributed by atoms with van der Waals surface area (Å²) in [5.41, 5.74) is 0. The number of aliphatic hydroxyl groups is 6. The number of carbonyl (C=O) groups excluding carboxylic acids is 1. The third-order valence-electron chi connectivity index (χ3n) is 1.57.